The number of tetrazole rings is 1. The van der Waals surface area contributed by atoms with Crippen molar-refractivity contribution in [1.82, 2.24) is 35.7 Å². The molecule has 0 spiro atoms. The first-order valence-corrected chi connectivity index (χ1v) is 10.5. The van der Waals surface area contributed by atoms with Gasteiger partial charge >= 0.3 is 0 Å². The van der Waals surface area contributed by atoms with E-state index >= 15 is 0 Å². The predicted molar refractivity (Wildman–Crippen MR) is 110 cm³/mol. The fraction of sp³-hybridized carbons (Fsp3) is 0.421. The lowest BCUT2D eigenvalue weighted by Gasteiger charge is -2.17. The number of nitrogens with one attached hydrogen (secondary N) is 1. The van der Waals surface area contributed by atoms with Crippen LogP contribution in [0.25, 0.3) is 11.3 Å². The third-order valence-electron chi connectivity index (χ3n) is 4.75. The molecule has 4 rings (SSSR count). The first kappa shape index (κ1) is 18.8. The minimum Gasteiger partial charge on any atom is -0.370 e. The van der Waals surface area contributed by atoms with Crippen molar-refractivity contribution < 1.29 is 0 Å². The topological polar surface area (TPSA) is 84.7 Å². The Balaban J connectivity index is 1.33. The van der Waals surface area contributed by atoms with Gasteiger partial charge in [0.15, 0.2) is 0 Å². The van der Waals surface area contributed by atoms with Crippen molar-refractivity contribution in [3.63, 3.8) is 0 Å². The molecule has 0 aliphatic carbocycles. The maximum Gasteiger partial charge on any atom is 0.209 e. The van der Waals surface area contributed by atoms with Gasteiger partial charge in [-0.05, 0) is 41.0 Å². The summed E-state index contributed by atoms with van der Waals surface area (Å²) in [5.74, 6) is 0.914. The van der Waals surface area contributed by atoms with Crippen molar-refractivity contribution in [3.8, 4) is 11.3 Å². The molecule has 9 heteroatoms. The minimum atomic E-state index is 0.810. The summed E-state index contributed by atoms with van der Waals surface area (Å²) < 4.78 is 1.69. The standard InChI is InChI=1S/C19H24N8S/c1-26-19(23-24-25-26)28-10-7-20-13-15-5-4-6-16(11-15)18-12-17(14-21-22-18)27-8-2-3-9-27/h4-6,11-12,14,20H,2-3,7-10,13H2,1H3. The fourth-order valence-corrected chi connectivity index (χ4v) is 4.02. The average Bonchev–Trinajstić information content (AvgIpc) is 3.40. The Morgan fingerprint density at radius 3 is 2.86 bits per heavy atom. The molecule has 0 saturated carbocycles. The number of hydrogen-bond acceptors (Lipinski definition) is 8. The van der Waals surface area contributed by atoms with Gasteiger partial charge in [-0.25, -0.2) is 4.68 Å². The highest BCUT2D eigenvalue weighted by Gasteiger charge is 2.14. The van der Waals surface area contributed by atoms with Crippen molar-refractivity contribution in [2.45, 2.75) is 24.5 Å². The Labute approximate surface area is 168 Å². The molecule has 1 aliphatic heterocycles. The van der Waals surface area contributed by atoms with Gasteiger partial charge in [0.25, 0.3) is 0 Å². The molecule has 1 N–H and O–H groups in total. The van der Waals surface area contributed by atoms with Gasteiger partial charge in [-0.2, -0.15) is 10.2 Å². The van der Waals surface area contributed by atoms with Gasteiger partial charge < -0.3 is 10.2 Å². The van der Waals surface area contributed by atoms with Gasteiger partial charge in [-0.3, -0.25) is 0 Å². The van der Waals surface area contributed by atoms with Crippen LogP contribution in [0.5, 0.6) is 0 Å². The van der Waals surface area contributed by atoms with E-state index in [1.165, 1.54) is 24.1 Å². The van der Waals surface area contributed by atoms with Gasteiger partial charge in [-0.1, -0.05) is 30.0 Å². The lowest BCUT2D eigenvalue weighted by Crippen LogP contribution is -2.18. The van der Waals surface area contributed by atoms with Gasteiger partial charge in [0, 0.05) is 44.5 Å². The Kier molecular flexibility index (Phi) is 6.13. The average molecular weight is 397 g/mol. The van der Waals surface area contributed by atoms with E-state index in [9.17, 15) is 0 Å². The second kappa shape index (κ2) is 9.11. The third kappa shape index (κ3) is 4.66. The molecule has 0 atom stereocenters. The number of anilines is 1. The maximum atomic E-state index is 4.35. The van der Waals surface area contributed by atoms with Crippen LogP contribution in [-0.2, 0) is 13.6 Å². The summed E-state index contributed by atoms with van der Waals surface area (Å²) in [6.45, 7) is 3.91. The number of rotatable bonds is 8. The van der Waals surface area contributed by atoms with Crippen molar-refractivity contribution in [3.05, 3.63) is 42.1 Å². The molecule has 28 heavy (non-hydrogen) atoms. The molecule has 8 nitrogen and oxygen atoms in total. The Hall–Kier alpha value is -2.52. The molecule has 0 bridgehead atoms. The molecule has 1 fully saturated rings. The minimum absolute atomic E-state index is 0.810. The first-order valence-electron chi connectivity index (χ1n) is 9.52. The molecule has 1 aromatic carbocycles. The fourth-order valence-electron chi connectivity index (χ4n) is 3.28. The van der Waals surface area contributed by atoms with E-state index in [0.29, 0.717) is 0 Å². The van der Waals surface area contributed by atoms with Crippen LogP contribution >= 0.6 is 11.8 Å². The summed E-state index contributed by atoms with van der Waals surface area (Å²) in [6, 6.07) is 10.6. The second-order valence-electron chi connectivity index (χ2n) is 6.80. The van der Waals surface area contributed by atoms with Crippen LogP contribution < -0.4 is 10.2 Å². The SMILES string of the molecule is Cn1nnnc1SCCNCc1cccc(-c2cc(N3CCCC3)cnn2)c1. The number of hydrogen-bond donors (Lipinski definition) is 1. The zero-order valence-electron chi connectivity index (χ0n) is 16.0. The maximum absolute atomic E-state index is 4.35. The Morgan fingerprint density at radius 2 is 2.04 bits per heavy atom. The van der Waals surface area contributed by atoms with E-state index in [1.807, 2.05) is 13.2 Å². The number of nitrogens with zero attached hydrogens (tertiary/aromatic N) is 7. The molecule has 1 aliphatic rings. The van der Waals surface area contributed by atoms with Crippen LogP contribution in [0, 0.1) is 0 Å². The number of aromatic nitrogens is 6. The quantitative estimate of drug-likeness (QED) is 0.458. The van der Waals surface area contributed by atoms with Crippen LogP contribution in [0.4, 0.5) is 5.69 Å². The van der Waals surface area contributed by atoms with Crippen molar-refractivity contribution >= 4 is 17.4 Å². The van der Waals surface area contributed by atoms with E-state index in [1.54, 1.807) is 16.4 Å². The molecule has 3 heterocycles. The van der Waals surface area contributed by atoms with Crippen molar-refractivity contribution in [2.75, 3.05) is 30.3 Å². The van der Waals surface area contributed by atoms with Gasteiger partial charge in [0.2, 0.25) is 5.16 Å². The Morgan fingerprint density at radius 1 is 1.14 bits per heavy atom. The van der Waals surface area contributed by atoms with Crippen LogP contribution in [-0.4, -0.2) is 55.8 Å². The van der Waals surface area contributed by atoms with E-state index in [4.69, 9.17) is 0 Å². The summed E-state index contributed by atoms with van der Waals surface area (Å²) in [5, 5.41) is 24.3. The summed E-state index contributed by atoms with van der Waals surface area (Å²) in [7, 11) is 1.85. The Bertz CT molecular complexity index is 906. The smallest absolute Gasteiger partial charge is 0.209 e. The lowest BCUT2D eigenvalue weighted by molar-refractivity contribution is 0.663. The van der Waals surface area contributed by atoms with E-state index in [0.717, 1.165) is 48.3 Å². The van der Waals surface area contributed by atoms with Gasteiger partial charge in [0.05, 0.1) is 17.6 Å². The number of thioether (sulfide) groups is 1. The molecule has 0 amide bonds. The van der Waals surface area contributed by atoms with Crippen LogP contribution in [0.1, 0.15) is 18.4 Å². The molecular weight excluding hydrogens is 372 g/mol. The number of aryl methyl sites for hydroxylation is 1. The molecular formula is C19H24N8S. The van der Waals surface area contributed by atoms with Crippen LogP contribution in [0.2, 0.25) is 0 Å². The molecule has 1 saturated heterocycles. The molecule has 146 valence electrons. The zero-order chi connectivity index (χ0) is 19.2. The van der Waals surface area contributed by atoms with Gasteiger partial charge in [0.1, 0.15) is 0 Å². The monoisotopic (exact) mass is 396 g/mol. The first-order chi connectivity index (χ1) is 13.8. The highest BCUT2D eigenvalue weighted by atomic mass is 32.2. The molecule has 0 unspecified atom stereocenters. The van der Waals surface area contributed by atoms with E-state index in [-0.39, 0.29) is 0 Å². The normalized spacial score (nSPS) is 14.0. The highest BCUT2D eigenvalue weighted by Crippen LogP contribution is 2.24. The lowest BCUT2D eigenvalue weighted by atomic mass is 10.1. The van der Waals surface area contributed by atoms with Gasteiger partial charge in [-0.15, -0.1) is 5.10 Å². The summed E-state index contributed by atoms with van der Waals surface area (Å²) >= 11 is 1.64. The van der Waals surface area contributed by atoms with Crippen LogP contribution in [0.3, 0.4) is 0 Å². The van der Waals surface area contributed by atoms with Crippen molar-refractivity contribution in [2.24, 2.45) is 7.05 Å². The predicted octanol–water partition coefficient (Wildman–Crippen LogP) is 2.15. The van der Waals surface area contributed by atoms with E-state index in [2.05, 4.69) is 66.3 Å². The highest BCUT2D eigenvalue weighted by molar-refractivity contribution is 7.99. The second-order valence-corrected chi connectivity index (χ2v) is 7.87. The van der Waals surface area contributed by atoms with E-state index < -0.39 is 0 Å². The summed E-state index contributed by atoms with van der Waals surface area (Å²) in [6.07, 6.45) is 4.37. The van der Waals surface area contributed by atoms with Crippen LogP contribution in [0.15, 0.2) is 41.7 Å². The summed E-state index contributed by atoms with van der Waals surface area (Å²) in [4.78, 5) is 2.38. The molecule has 0 radical (unpaired) electrons. The zero-order valence-corrected chi connectivity index (χ0v) is 16.8. The third-order valence-corrected chi connectivity index (χ3v) is 5.77. The number of benzene rings is 1. The molecule has 2 aromatic heterocycles. The summed E-state index contributed by atoms with van der Waals surface area (Å²) in [5.41, 5.74) is 4.43. The molecule has 3 aromatic rings. The largest absolute Gasteiger partial charge is 0.370 e. The van der Waals surface area contributed by atoms with Crippen molar-refractivity contribution in [1.29, 1.82) is 0 Å².